The van der Waals surface area contributed by atoms with Crippen LogP contribution in [0, 0.1) is 0 Å². The average molecular weight is 676 g/mol. The number of rotatable bonds is 2. The number of aromatic nitrogens is 1. The molecule has 0 fully saturated rings. The van der Waals surface area contributed by atoms with Gasteiger partial charge in [0.2, 0.25) is 0 Å². The second-order valence-corrected chi connectivity index (χ2v) is 15.2. The number of hydrogen-bond donors (Lipinski definition) is 0. The molecule has 0 aliphatic heterocycles. The summed E-state index contributed by atoms with van der Waals surface area (Å²) in [5.41, 5.74) is 13.0. The summed E-state index contributed by atoms with van der Waals surface area (Å²) in [6, 6.07) is 60.4. The Morgan fingerprint density at radius 1 is 0.415 bits per heavy atom. The zero-order valence-corrected chi connectivity index (χ0v) is 29.4. The third kappa shape index (κ3) is 3.77. The lowest BCUT2D eigenvalue weighted by Gasteiger charge is -2.21. The predicted molar refractivity (Wildman–Crippen MR) is 224 cm³/mol. The molecule has 0 saturated heterocycles. The minimum atomic E-state index is -0.110. The highest BCUT2D eigenvalue weighted by Crippen LogP contribution is 2.52. The van der Waals surface area contributed by atoms with E-state index in [9.17, 15) is 0 Å². The molecular formula is C51H33NO. The topological polar surface area (TPSA) is 18.1 Å². The van der Waals surface area contributed by atoms with Crippen molar-refractivity contribution in [1.29, 1.82) is 0 Å². The molecule has 0 amide bonds. The van der Waals surface area contributed by atoms with Crippen molar-refractivity contribution in [2.75, 3.05) is 0 Å². The summed E-state index contributed by atoms with van der Waals surface area (Å²) < 4.78 is 8.94. The first-order chi connectivity index (χ1) is 26.1. The zero-order valence-electron chi connectivity index (χ0n) is 29.4. The summed E-state index contributed by atoms with van der Waals surface area (Å²) in [6.07, 6.45) is 0. The number of fused-ring (bicyclic) bond motifs is 16. The summed E-state index contributed by atoms with van der Waals surface area (Å²) in [4.78, 5) is 0. The highest BCUT2D eigenvalue weighted by molar-refractivity contribution is 6.35. The molecule has 12 rings (SSSR count). The van der Waals surface area contributed by atoms with E-state index < -0.39 is 0 Å². The molecule has 53 heavy (non-hydrogen) atoms. The molecule has 0 spiro atoms. The Bertz CT molecular complexity index is 3320. The maximum atomic E-state index is 6.45. The van der Waals surface area contributed by atoms with Gasteiger partial charge in [-0.1, -0.05) is 141 Å². The van der Waals surface area contributed by atoms with Crippen molar-refractivity contribution in [1.82, 2.24) is 4.57 Å². The molecule has 2 aromatic heterocycles. The monoisotopic (exact) mass is 675 g/mol. The summed E-state index contributed by atoms with van der Waals surface area (Å²) in [5, 5.41) is 12.7. The van der Waals surface area contributed by atoms with Gasteiger partial charge in [0.25, 0.3) is 0 Å². The van der Waals surface area contributed by atoms with E-state index in [1.54, 1.807) is 0 Å². The van der Waals surface area contributed by atoms with Gasteiger partial charge in [0.15, 0.2) is 0 Å². The van der Waals surface area contributed by atoms with E-state index in [-0.39, 0.29) is 5.41 Å². The fourth-order valence-corrected chi connectivity index (χ4v) is 9.74. The van der Waals surface area contributed by atoms with E-state index in [0.717, 1.165) is 38.8 Å². The fraction of sp³-hybridized carbons (Fsp3) is 0.0588. The number of nitrogens with zero attached hydrogens (tertiary/aromatic N) is 1. The Morgan fingerprint density at radius 2 is 1.04 bits per heavy atom. The SMILES string of the molecule is CC1(C)c2ccccc2-c2cc3c4c5c6ccccc6c6ccccc6c5ccc4n(-c4ccc(-c5cccc6c5oc5ccccc56)cc4)c3cc21. The van der Waals surface area contributed by atoms with Crippen molar-refractivity contribution < 1.29 is 4.42 Å². The molecule has 248 valence electrons. The summed E-state index contributed by atoms with van der Waals surface area (Å²) in [5.74, 6) is 0. The van der Waals surface area contributed by atoms with Gasteiger partial charge < -0.3 is 8.98 Å². The molecule has 0 unspecified atom stereocenters. The van der Waals surface area contributed by atoms with Crippen LogP contribution in [-0.2, 0) is 5.41 Å². The summed E-state index contributed by atoms with van der Waals surface area (Å²) >= 11 is 0. The molecule has 11 aromatic rings. The van der Waals surface area contributed by atoms with Crippen molar-refractivity contribution in [2.24, 2.45) is 0 Å². The Balaban J connectivity index is 1.18. The van der Waals surface area contributed by atoms with Gasteiger partial charge >= 0.3 is 0 Å². The molecule has 1 aliphatic carbocycles. The third-order valence-corrected chi connectivity index (χ3v) is 12.2. The highest BCUT2D eigenvalue weighted by atomic mass is 16.3. The zero-order chi connectivity index (χ0) is 35.0. The van der Waals surface area contributed by atoms with Gasteiger partial charge in [-0.15, -0.1) is 0 Å². The Hall–Kier alpha value is -6.64. The van der Waals surface area contributed by atoms with Gasteiger partial charge in [0.1, 0.15) is 11.2 Å². The molecule has 2 heterocycles. The Kier molecular flexibility index (Phi) is 5.60. The predicted octanol–water partition coefficient (Wildman–Crippen LogP) is 14.1. The van der Waals surface area contributed by atoms with E-state index >= 15 is 0 Å². The average Bonchev–Trinajstić information content (AvgIpc) is 3.83. The third-order valence-electron chi connectivity index (χ3n) is 12.2. The van der Waals surface area contributed by atoms with Crippen LogP contribution in [0.1, 0.15) is 25.0 Å². The van der Waals surface area contributed by atoms with Crippen LogP contribution in [0.5, 0.6) is 0 Å². The number of para-hydroxylation sites is 2. The van der Waals surface area contributed by atoms with E-state index in [0.29, 0.717) is 0 Å². The molecule has 0 bridgehead atoms. The quantitative estimate of drug-likeness (QED) is 0.167. The Labute approximate surface area is 306 Å². The first-order valence-electron chi connectivity index (χ1n) is 18.5. The van der Waals surface area contributed by atoms with Crippen molar-refractivity contribution in [3.63, 3.8) is 0 Å². The van der Waals surface area contributed by atoms with Crippen molar-refractivity contribution in [3.8, 4) is 27.9 Å². The molecule has 0 saturated carbocycles. The maximum Gasteiger partial charge on any atom is 0.143 e. The summed E-state index contributed by atoms with van der Waals surface area (Å²) in [7, 11) is 0. The van der Waals surface area contributed by atoms with E-state index in [1.807, 2.05) is 6.07 Å². The van der Waals surface area contributed by atoms with Crippen LogP contribution in [0.4, 0.5) is 0 Å². The highest BCUT2D eigenvalue weighted by Gasteiger charge is 2.36. The van der Waals surface area contributed by atoms with Crippen molar-refractivity contribution in [2.45, 2.75) is 19.3 Å². The standard InChI is InChI=1S/C51H33NO/c1-51(2)43-20-9-7-15-36(43)41-28-42-46(29-44(41)51)52(31-24-22-30(23-25-31)32-18-11-19-40-37-16-8-10-21-47(37)53-50(32)40)45-27-26-39-35-14-4-3-12-33(35)34-13-5-6-17-38(34)48(39)49(42)45/h3-29H,1-2H3. The van der Waals surface area contributed by atoms with Gasteiger partial charge in [-0.3, -0.25) is 0 Å². The molecule has 0 atom stereocenters. The summed E-state index contributed by atoms with van der Waals surface area (Å²) in [6.45, 7) is 4.75. The fourth-order valence-electron chi connectivity index (χ4n) is 9.74. The number of benzene rings is 9. The smallest absolute Gasteiger partial charge is 0.143 e. The molecule has 0 radical (unpaired) electrons. The molecule has 1 aliphatic rings. The molecule has 2 nitrogen and oxygen atoms in total. The number of furan rings is 1. The molecule has 9 aromatic carbocycles. The van der Waals surface area contributed by atoms with Gasteiger partial charge in [0, 0.05) is 43.6 Å². The second kappa shape index (κ2) is 10.2. The van der Waals surface area contributed by atoms with Gasteiger partial charge in [0.05, 0.1) is 11.0 Å². The van der Waals surface area contributed by atoms with Crippen LogP contribution in [0.15, 0.2) is 168 Å². The molecular weight excluding hydrogens is 643 g/mol. The van der Waals surface area contributed by atoms with Gasteiger partial charge in [-0.25, -0.2) is 0 Å². The second-order valence-electron chi connectivity index (χ2n) is 15.2. The lowest BCUT2D eigenvalue weighted by molar-refractivity contribution is 0.661. The largest absolute Gasteiger partial charge is 0.455 e. The van der Waals surface area contributed by atoms with Crippen molar-refractivity contribution in [3.05, 3.63) is 175 Å². The van der Waals surface area contributed by atoms with Crippen LogP contribution < -0.4 is 0 Å². The lowest BCUT2D eigenvalue weighted by atomic mass is 9.82. The minimum Gasteiger partial charge on any atom is -0.455 e. The molecule has 0 N–H and O–H groups in total. The lowest BCUT2D eigenvalue weighted by Crippen LogP contribution is -2.14. The van der Waals surface area contributed by atoms with Gasteiger partial charge in [-0.2, -0.15) is 0 Å². The Morgan fingerprint density at radius 3 is 1.83 bits per heavy atom. The first kappa shape index (κ1) is 29.0. The van der Waals surface area contributed by atoms with Crippen molar-refractivity contribution >= 4 is 76.1 Å². The van der Waals surface area contributed by atoms with Gasteiger partial charge in [-0.05, 0) is 91.1 Å². The number of hydrogen-bond acceptors (Lipinski definition) is 1. The van der Waals surface area contributed by atoms with Crippen LogP contribution >= 0.6 is 0 Å². The van der Waals surface area contributed by atoms with Crippen LogP contribution in [0.25, 0.3) is 104 Å². The first-order valence-corrected chi connectivity index (χ1v) is 18.5. The minimum absolute atomic E-state index is 0.110. The van der Waals surface area contributed by atoms with E-state index in [4.69, 9.17) is 4.42 Å². The van der Waals surface area contributed by atoms with E-state index in [2.05, 4.69) is 176 Å². The van der Waals surface area contributed by atoms with E-state index in [1.165, 1.54) is 76.4 Å². The molecule has 2 heteroatoms. The van der Waals surface area contributed by atoms with Crippen LogP contribution in [0.2, 0.25) is 0 Å². The normalized spacial score (nSPS) is 13.6. The maximum absolute atomic E-state index is 6.45. The van der Waals surface area contributed by atoms with Crippen LogP contribution in [0.3, 0.4) is 0 Å². The van der Waals surface area contributed by atoms with Crippen LogP contribution in [-0.4, -0.2) is 4.57 Å².